The van der Waals surface area contributed by atoms with E-state index in [1.807, 2.05) is 12.1 Å². The number of aromatic nitrogens is 1. The first-order valence-corrected chi connectivity index (χ1v) is 10.4. The maximum atomic E-state index is 13.2. The third-order valence-corrected chi connectivity index (χ3v) is 5.69. The molecular weight excluding hydrogens is 394 g/mol. The molecule has 162 valence electrons. The molecule has 2 aromatic carbocycles. The standard InChI is InChI=1S/C24H27N3O4/c1-29-21-10-7-17(22(30-2)23(21)31-3)24(28)26-19-8-9-20(27-13-5-4-6-14-27)16-11-12-25-15-18(16)19/h7-12,15H,4-6,13-14H2,1-3H3,(H,26,28). The fourth-order valence-electron chi connectivity index (χ4n) is 4.16. The number of hydrogen-bond donors (Lipinski definition) is 1. The molecule has 0 unspecified atom stereocenters. The van der Waals surface area contributed by atoms with E-state index in [0.29, 0.717) is 28.5 Å². The van der Waals surface area contributed by atoms with Gasteiger partial charge in [-0.05, 0) is 49.6 Å². The molecule has 7 nitrogen and oxygen atoms in total. The highest BCUT2D eigenvalue weighted by atomic mass is 16.5. The van der Waals surface area contributed by atoms with E-state index in [0.717, 1.165) is 23.9 Å². The van der Waals surface area contributed by atoms with Gasteiger partial charge in [-0.3, -0.25) is 9.78 Å². The number of fused-ring (bicyclic) bond motifs is 1. The Morgan fingerprint density at radius 2 is 1.68 bits per heavy atom. The van der Waals surface area contributed by atoms with E-state index in [-0.39, 0.29) is 5.91 Å². The highest BCUT2D eigenvalue weighted by Gasteiger charge is 2.22. The second-order valence-corrected chi connectivity index (χ2v) is 7.44. The number of nitrogens with zero attached hydrogens (tertiary/aromatic N) is 2. The first-order valence-electron chi connectivity index (χ1n) is 10.4. The first kappa shape index (κ1) is 20.8. The highest BCUT2D eigenvalue weighted by molar-refractivity contribution is 6.12. The molecule has 0 bridgehead atoms. The molecular formula is C24H27N3O4. The van der Waals surface area contributed by atoms with Crippen LogP contribution in [-0.4, -0.2) is 45.3 Å². The van der Waals surface area contributed by atoms with Crippen LogP contribution in [0.3, 0.4) is 0 Å². The van der Waals surface area contributed by atoms with Gasteiger partial charge in [-0.25, -0.2) is 0 Å². The third kappa shape index (κ3) is 3.95. The minimum Gasteiger partial charge on any atom is -0.493 e. The average Bonchev–Trinajstić information content (AvgIpc) is 2.83. The molecule has 3 aromatic rings. The quantitative estimate of drug-likeness (QED) is 0.632. The zero-order chi connectivity index (χ0) is 21.8. The number of piperidine rings is 1. The lowest BCUT2D eigenvalue weighted by Crippen LogP contribution is -2.29. The normalized spacial score (nSPS) is 13.7. The molecule has 1 saturated heterocycles. The van der Waals surface area contributed by atoms with Crippen LogP contribution in [0.5, 0.6) is 17.2 Å². The van der Waals surface area contributed by atoms with Crippen molar-refractivity contribution in [3.8, 4) is 17.2 Å². The Balaban J connectivity index is 1.70. The maximum absolute atomic E-state index is 13.2. The number of ether oxygens (including phenoxy) is 3. The topological polar surface area (TPSA) is 72.9 Å². The van der Waals surface area contributed by atoms with E-state index in [1.54, 1.807) is 31.6 Å². The third-order valence-electron chi connectivity index (χ3n) is 5.69. The second-order valence-electron chi connectivity index (χ2n) is 7.44. The summed E-state index contributed by atoms with van der Waals surface area (Å²) >= 11 is 0. The van der Waals surface area contributed by atoms with Crippen LogP contribution in [0.15, 0.2) is 42.7 Å². The van der Waals surface area contributed by atoms with Crippen molar-refractivity contribution < 1.29 is 19.0 Å². The fraction of sp³-hybridized carbons (Fsp3) is 0.333. The van der Waals surface area contributed by atoms with E-state index in [2.05, 4.69) is 21.3 Å². The Morgan fingerprint density at radius 3 is 2.39 bits per heavy atom. The number of pyridine rings is 1. The maximum Gasteiger partial charge on any atom is 0.259 e. The predicted molar refractivity (Wildman–Crippen MR) is 122 cm³/mol. The summed E-state index contributed by atoms with van der Waals surface area (Å²) < 4.78 is 16.2. The Bertz CT molecular complexity index is 1090. The minimum atomic E-state index is -0.298. The van der Waals surface area contributed by atoms with Gasteiger partial charge in [0, 0.05) is 41.9 Å². The summed E-state index contributed by atoms with van der Waals surface area (Å²) in [5.74, 6) is 0.904. The van der Waals surface area contributed by atoms with Crippen LogP contribution in [-0.2, 0) is 0 Å². The van der Waals surface area contributed by atoms with Gasteiger partial charge in [-0.2, -0.15) is 0 Å². The number of anilines is 2. The molecule has 7 heteroatoms. The van der Waals surface area contributed by atoms with Gasteiger partial charge in [0.15, 0.2) is 11.5 Å². The van der Waals surface area contributed by atoms with Gasteiger partial charge in [0.1, 0.15) is 0 Å². The average molecular weight is 421 g/mol. The molecule has 2 heterocycles. The molecule has 1 aliphatic heterocycles. The van der Waals surface area contributed by atoms with E-state index >= 15 is 0 Å². The molecule has 1 amide bonds. The zero-order valence-electron chi connectivity index (χ0n) is 18.1. The first-order chi connectivity index (χ1) is 15.2. The molecule has 0 saturated carbocycles. The Morgan fingerprint density at radius 1 is 0.903 bits per heavy atom. The van der Waals surface area contributed by atoms with Crippen molar-refractivity contribution >= 4 is 28.1 Å². The van der Waals surface area contributed by atoms with Crippen LogP contribution in [0.4, 0.5) is 11.4 Å². The summed E-state index contributed by atoms with van der Waals surface area (Å²) in [6.45, 7) is 2.10. The molecule has 4 rings (SSSR count). The lowest BCUT2D eigenvalue weighted by Gasteiger charge is -2.30. The molecule has 1 N–H and O–H groups in total. The SMILES string of the molecule is COc1ccc(C(=O)Nc2ccc(N3CCCCC3)c3ccncc23)c(OC)c1OC. The van der Waals surface area contributed by atoms with Crippen LogP contribution < -0.4 is 24.4 Å². The molecule has 1 aromatic heterocycles. The molecule has 0 radical (unpaired) electrons. The molecule has 31 heavy (non-hydrogen) atoms. The Hall–Kier alpha value is -3.48. The fourth-order valence-corrected chi connectivity index (χ4v) is 4.16. The van der Waals surface area contributed by atoms with Gasteiger partial charge in [0.05, 0.1) is 32.6 Å². The Labute approximate surface area is 181 Å². The van der Waals surface area contributed by atoms with Gasteiger partial charge >= 0.3 is 0 Å². The van der Waals surface area contributed by atoms with E-state index in [4.69, 9.17) is 14.2 Å². The number of carbonyl (C=O) groups is 1. The number of hydrogen-bond acceptors (Lipinski definition) is 6. The van der Waals surface area contributed by atoms with E-state index in [9.17, 15) is 4.79 Å². The van der Waals surface area contributed by atoms with Crippen LogP contribution >= 0.6 is 0 Å². The highest BCUT2D eigenvalue weighted by Crippen LogP contribution is 2.40. The number of benzene rings is 2. The van der Waals surface area contributed by atoms with E-state index in [1.165, 1.54) is 39.2 Å². The van der Waals surface area contributed by atoms with Crippen molar-refractivity contribution in [2.75, 3.05) is 44.6 Å². The Kier molecular flexibility index (Phi) is 6.11. The van der Waals surface area contributed by atoms with Crippen molar-refractivity contribution in [2.24, 2.45) is 0 Å². The van der Waals surface area contributed by atoms with Crippen molar-refractivity contribution in [3.05, 3.63) is 48.3 Å². The van der Waals surface area contributed by atoms with Gasteiger partial charge in [0.25, 0.3) is 5.91 Å². The number of nitrogens with one attached hydrogen (secondary N) is 1. The van der Waals surface area contributed by atoms with Crippen LogP contribution in [0.2, 0.25) is 0 Å². The molecule has 0 spiro atoms. The van der Waals surface area contributed by atoms with E-state index < -0.39 is 0 Å². The van der Waals surface area contributed by atoms with Gasteiger partial charge < -0.3 is 24.4 Å². The number of rotatable bonds is 6. The van der Waals surface area contributed by atoms with Crippen molar-refractivity contribution in [3.63, 3.8) is 0 Å². The summed E-state index contributed by atoms with van der Waals surface area (Å²) in [6.07, 6.45) is 7.26. The van der Waals surface area contributed by atoms with Crippen molar-refractivity contribution in [2.45, 2.75) is 19.3 Å². The lowest BCUT2D eigenvalue weighted by atomic mass is 10.0. The molecule has 1 fully saturated rings. The smallest absolute Gasteiger partial charge is 0.259 e. The van der Waals surface area contributed by atoms with Gasteiger partial charge in [-0.1, -0.05) is 0 Å². The van der Waals surface area contributed by atoms with Crippen LogP contribution in [0, 0.1) is 0 Å². The lowest BCUT2D eigenvalue weighted by molar-refractivity contribution is 0.102. The summed E-state index contributed by atoms with van der Waals surface area (Å²) in [4.78, 5) is 19.9. The van der Waals surface area contributed by atoms with Gasteiger partial charge in [0.2, 0.25) is 5.75 Å². The summed E-state index contributed by atoms with van der Waals surface area (Å²) in [7, 11) is 4.56. The molecule has 1 aliphatic rings. The summed E-state index contributed by atoms with van der Waals surface area (Å²) in [6, 6.07) is 9.38. The number of carbonyl (C=O) groups excluding carboxylic acids is 1. The van der Waals surface area contributed by atoms with Crippen LogP contribution in [0.1, 0.15) is 29.6 Å². The second kappa shape index (κ2) is 9.12. The minimum absolute atomic E-state index is 0.298. The predicted octanol–water partition coefficient (Wildman–Crippen LogP) is 4.50. The molecule has 0 aliphatic carbocycles. The van der Waals surface area contributed by atoms with Crippen molar-refractivity contribution in [1.29, 1.82) is 0 Å². The molecule has 0 atom stereocenters. The largest absolute Gasteiger partial charge is 0.493 e. The summed E-state index contributed by atoms with van der Waals surface area (Å²) in [5.41, 5.74) is 2.24. The summed E-state index contributed by atoms with van der Waals surface area (Å²) in [5, 5.41) is 5.00. The monoisotopic (exact) mass is 421 g/mol. The number of amides is 1. The number of methoxy groups -OCH3 is 3. The van der Waals surface area contributed by atoms with Crippen molar-refractivity contribution in [1.82, 2.24) is 4.98 Å². The zero-order valence-corrected chi connectivity index (χ0v) is 18.1. The van der Waals surface area contributed by atoms with Crippen LogP contribution in [0.25, 0.3) is 10.8 Å². The van der Waals surface area contributed by atoms with Gasteiger partial charge in [-0.15, -0.1) is 0 Å².